The average Bonchev–Trinajstić information content (AvgIpc) is 2.37. The molecule has 0 aliphatic carbocycles. The molecule has 1 aromatic carbocycles. The van der Waals surface area contributed by atoms with E-state index in [1.807, 2.05) is 24.3 Å². The zero-order valence-corrected chi connectivity index (χ0v) is 12.2. The summed E-state index contributed by atoms with van der Waals surface area (Å²) in [6.45, 7) is 0.486. The van der Waals surface area contributed by atoms with Gasteiger partial charge in [-0.15, -0.1) is 0 Å². The number of nitrogens with zero attached hydrogens (tertiary/aromatic N) is 1. The Labute approximate surface area is 122 Å². The molecule has 0 amide bonds. The van der Waals surface area contributed by atoms with Crippen molar-refractivity contribution in [3.8, 4) is 0 Å². The average molecular weight is 345 g/mol. The number of para-hydroxylation sites is 1. The smallest absolute Gasteiger partial charge is 0.288 e. The van der Waals surface area contributed by atoms with E-state index in [-0.39, 0.29) is 0 Å². The second-order valence-corrected chi connectivity index (χ2v) is 5.52. The molecule has 0 fully saturated rings. The SMILES string of the molecule is FC(F)Sc1ccccc1NCc1cccc(Br)n1. The number of thioether (sulfide) groups is 1. The van der Waals surface area contributed by atoms with Gasteiger partial charge in [-0.25, -0.2) is 4.98 Å². The first-order chi connectivity index (χ1) is 9.15. The number of pyridine rings is 1. The van der Waals surface area contributed by atoms with E-state index in [4.69, 9.17) is 0 Å². The topological polar surface area (TPSA) is 24.9 Å². The van der Waals surface area contributed by atoms with Crippen LogP contribution in [0.15, 0.2) is 52.0 Å². The maximum Gasteiger partial charge on any atom is 0.288 e. The van der Waals surface area contributed by atoms with Crippen LogP contribution in [-0.4, -0.2) is 10.7 Å². The minimum Gasteiger partial charge on any atom is -0.378 e. The summed E-state index contributed by atoms with van der Waals surface area (Å²) in [5.41, 5.74) is 1.53. The number of nitrogens with one attached hydrogen (secondary N) is 1. The molecule has 0 unspecified atom stereocenters. The van der Waals surface area contributed by atoms with Crippen molar-refractivity contribution in [1.82, 2.24) is 4.98 Å². The van der Waals surface area contributed by atoms with Gasteiger partial charge in [0.2, 0.25) is 0 Å². The van der Waals surface area contributed by atoms with Gasteiger partial charge in [0.15, 0.2) is 0 Å². The van der Waals surface area contributed by atoms with E-state index in [0.717, 1.165) is 10.3 Å². The summed E-state index contributed by atoms with van der Waals surface area (Å²) in [5, 5.41) is 3.12. The van der Waals surface area contributed by atoms with Crippen LogP contribution >= 0.6 is 27.7 Å². The van der Waals surface area contributed by atoms with Crippen molar-refractivity contribution in [2.24, 2.45) is 0 Å². The fraction of sp³-hybridized carbons (Fsp3) is 0.154. The molecule has 6 heteroatoms. The van der Waals surface area contributed by atoms with Gasteiger partial charge in [0, 0.05) is 10.6 Å². The Morgan fingerprint density at radius 1 is 1.16 bits per heavy atom. The zero-order chi connectivity index (χ0) is 13.7. The summed E-state index contributed by atoms with van der Waals surface area (Å²) in [7, 11) is 0. The molecular formula is C13H11BrF2N2S. The third kappa shape index (κ3) is 4.47. The van der Waals surface area contributed by atoms with E-state index < -0.39 is 5.76 Å². The molecule has 2 aromatic rings. The van der Waals surface area contributed by atoms with Crippen molar-refractivity contribution in [1.29, 1.82) is 0 Å². The van der Waals surface area contributed by atoms with Gasteiger partial charge in [-0.2, -0.15) is 8.78 Å². The summed E-state index contributed by atoms with van der Waals surface area (Å²) in [5.74, 6) is -2.42. The molecule has 0 radical (unpaired) electrons. The lowest BCUT2D eigenvalue weighted by Crippen LogP contribution is -2.02. The molecule has 1 N–H and O–H groups in total. The molecule has 2 nitrogen and oxygen atoms in total. The number of aromatic nitrogens is 1. The second kappa shape index (κ2) is 6.86. The highest BCUT2D eigenvalue weighted by Gasteiger charge is 2.09. The molecule has 0 bridgehead atoms. The lowest BCUT2D eigenvalue weighted by atomic mass is 10.3. The van der Waals surface area contributed by atoms with Gasteiger partial charge in [-0.3, -0.25) is 0 Å². The summed E-state index contributed by atoms with van der Waals surface area (Å²) in [6.07, 6.45) is 0. The van der Waals surface area contributed by atoms with Gasteiger partial charge in [0.25, 0.3) is 5.76 Å². The lowest BCUT2D eigenvalue weighted by Gasteiger charge is -2.11. The Morgan fingerprint density at radius 3 is 2.68 bits per heavy atom. The number of alkyl halides is 2. The minimum absolute atomic E-state index is 0.486. The molecule has 19 heavy (non-hydrogen) atoms. The standard InChI is InChI=1S/C13H11BrF2N2S/c14-12-7-3-4-9(18-12)8-17-10-5-1-2-6-11(10)19-13(15)16/h1-7,13,17H,8H2. The molecule has 1 heterocycles. The first kappa shape index (κ1) is 14.3. The van der Waals surface area contributed by atoms with Gasteiger partial charge in [0.1, 0.15) is 4.60 Å². The Morgan fingerprint density at radius 2 is 1.95 bits per heavy atom. The van der Waals surface area contributed by atoms with E-state index >= 15 is 0 Å². The molecule has 0 saturated heterocycles. The molecule has 0 atom stereocenters. The monoisotopic (exact) mass is 344 g/mol. The van der Waals surface area contributed by atoms with E-state index in [9.17, 15) is 8.78 Å². The fourth-order valence-electron chi connectivity index (χ4n) is 1.55. The van der Waals surface area contributed by atoms with Crippen LogP contribution in [0.5, 0.6) is 0 Å². The first-order valence-corrected chi connectivity index (χ1v) is 7.21. The molecule has 2 rings (SSSR count). The van der Waals surface area contributed by atoms with Crippen LogP contribution in [-0.2, 0) is 6.54 Å². The Kier molecular flexibility index (Phi) is 5.15. The van der Waals surface area contributed by atoms with Crippen LogP contribution in [0.1, 0.15) is 5.69 Å². The third-order valence-electron chi connectivity index (χ3n) is 2.34. The molecule has 0 aliphatic rings. The summed E-state index contributed by atoms with van der Waals surface area (Å²) in [4.78, 5) is 4.81. The fourth-order valence-corrected chi connectivity index (χ4v) is 2.54. The van der Waals surface area contributed by atoms with Crippen LogP contribution in [0, 0.1) is 0 Å². The molecule has 0 spiro atoms. The number of halogens is 3. The molecular weight excluding hydrogens is 334 g/mol. The second-order valence-electron chi connectivity index (χ2n) is 3.68. The Balaban J connectivity index is 2.07. The van der Waals surface area contributed by atoms with Crippen molar-refractivity contribution in [3.05, 3.63) is 52.8 Å². The van der Waals surface area contributed by atoms with Crippen LogP contribution in [0.2, 0.25) is 0 Å². The predicted octanol–water partition coefficient (Wildman–Crippen LogP) is 4.77. The van der Waals surface area contributed by atoms with E-state index in [0.29, 0.717) is 28.9 Å². The maximum absolute atomic E-state index is 12.4. The van der Waals surface area contributed by atoms with E-state index in [1.54, 1.807) is 18.2 Å². The maximum atomic E-state index is 12.4. The highest BCUT2D eigenvalue weighted by atomic mass is 79.9. The van der Waals surface area contributed by atoms with E-state index in [2.05, 4.69) is 26.2 Å². The number of hydrogen-bond acceptors (Lipinski definition) is 3. The predicted molar refractivity (Wildman–Crippen MR) is 77.6 cm³/mol. The first-order valence-electron chi connectivity index (χ1n) is 5.54. The van der Waals surface area contributed by atoms with Gasteiger partial charge in [-0.05, 0) is 40.2 Å². The van der Waals surface area contributed by atoms with Gasteiger partial charge < -0.3 is 5.32 Å². The molecule has 0 aliphatic heterocycles. The number of hydrogen-bond donors (Lipinski definition) is 1. The molecule has 1 aromatic heterocycles. The number of rotatable bonds is 5. The lowest BCUT2D eigenvalue weighted by molar-refractivity contribution is 0.252. The van der Waals surface area contributed by atoms with Gasteiger partial charge in [0.05, 0.1) is 12.2 Å². The van der Waals surface area contributed by atoms with Crippen LogP contribution in [0.25, 0.3) is 0 Å². The quantitative estimate of drug-likeness (QED) is 0.624. The zero-order valence-electron chi connectivity index (χ0n) is 9.82. The number of benzene rings is 1. The van der Waals surface area contributed by atoms with Crippen molar-refractivity contribution in [2.75, 3.05) is 5.32 Å². The summed E-state index contributed by atoms with van der Waals surface area (Å²) < 4.78 is 25.6. The highest BCUT2D eigenvalue weighted by molar-refractivity contribution is 9.10. The molecule has 100 valence electrons. The number of anilines is 1. The molecule has 0 saturated carbocycles. The van der Waals surface area contributed by atoms with Gasteiger partial charge in [-0.1, -0.05) is 30.0 Å². The van der Waals surface area contributed by atoms with Crippen molar-refractivity contribution >= 4 is 33.4 Å². The summed E-state index contributed by atoms with van der Waals surface area (Å²) in [6, 6.07) is 12.6. The Hall–Kier alpha value is -1.14. The van der Waals surface area contributed by atoms with Crippen molar-refractivity contribution in [3.63, 3.8) is 0 Å². The Bertz CT molecular complexity index is 552. The van der Waals surface area contributed by atoms with Crippen LogP contribution < -0.4 is 5.32 Å². The third-order valence-corrected chi connectivity index (χ3v) is 3.57. The van der Waals surface area contributed by atoms with Gasteiger partial charge >= 0.3 is 0 Å². The van der Waals surface area contributed by atoms with Crippen LogP contribution in [0.3, 0.4) is 0 Å². The normalized spacial score (nSPS) is 10.7. The highest BCUT2D eigenvalue weighted by Crippen LogP contribution is 2.31. The van der Waals surface area contributed by atoms with E-state index in [1.165, 1.54) is 0 Å². The van der Waals surface area contributed by atoms with Crippen molar-refractivity contribution < 1.29 is 8.78 Å². The minimum atomic E-state index is -2.42. The van der Waals surface area contributed by atoms with Crippen LogP contribution in [0.4, 0.5) is 14.5 Å². The summed E-state index contributed by atoms with van der Waals surface area (Å²) >= 11 is 3.83. The largest absolute Gasteiger partial charge is 0.378 e. The van der Waals surface area contributed by atoms with Crippen molar-refractivity contribution in [2.45, 2.75) is 17.2 Å².